The largest absolute Gasteiger partial charge is 0.481 e. The van der Waals surface area contributed by atoms with Crippen molar-refractivity contribution >= 4 is 14.3 Å². The number of aliphatic carboxylic acids is 1. The van der Waals surface area contributed by atoms with Crippen molar-refractivity contribution in [1.82, 2.24) is 0 Å². The van der Waals surface area contributed by atoms with Crippen LogP contribution in [0.5, 0.6) is 0 Å². The van der Waals surface area contributed by atoms with Crippen molar-refractivity contribution in [2.24, 2.45) is 29.1 Å². The predicted octanol–water partition coefficient (Wildman–Crippen LogP) is 5.28. The Hall–Kier alpha value is -0.993. The molecule has 196 valence electrons. The maximum Gasteiger partial charge on any atom is 0.306 e. The fourth-order valence-electron chi connectivity index (χ4n) is 8.83. The number of carboxylic acids is 1. The van der Waals surface area contributed by atoms with Gasteiger partial charge >= 0.3 is 5.97 Å². The zero-order valence-corrected chi connectivity index (χ0v) is 23.0. The topological polar surface area (TPSA) is 85.2 Å². The third kappa shape index (κ3) is 4.19. The first-order chi connectivity index (χ1) is 16.4. The van der Waals surface area contributed by atoms with E-state index in [1.165, 1.54) is 0 Å². The van der Waals surface area contributed by atoms with Crippen LogP contribution in [0.4, 0.5) is 0 Å². The van der Waals surface area contributed by atoms with E-state index in [1.807, 2.05) is 0 Å². The molecule has 5 aliphatic rings. The minimum atomic E-state index is -2.02. The lowest BCUT2D eigenvalue weighted by molar-refractivity contribution is -0.177. The van der Waals surface area contributed by atoms with Gasteiger partial charge in [-0.2, -0.15) is 0 Å². The highest BCUT2D eigenvalue weighted by atomic mass is 28.4. The van der Waals surface area contributed by atoms with Crippen molar-refractivity contribution in [1.29, 1.82) is 0 Å². The highest BCUT2D eigenvalue weighted by molar-refractivity contribution is 6.69. The molecule has 0 amide bonds. The lowest BCUT2D eigenvalue weighted by atomic mass is 9.50. The Balaban J connectivity index is 1.44. The summed E-state index contributed by atoms with van der Waals surface area (Å²) in [5, 5.41) is 20.3. The molecule has 7 heteroatoms. The molecule has 3 saturated carbocycles. The quantitative estimate of drug-likeness (QED) is 0.378. The zero-order valence-electron chi connectivity index (χ0n) is 22.0. The number of hydrogen-bond donors (Lipinski definition) is 2. The Kier molecular flexibility index (Phi) is 6.44. The summed E-state index contributed by atoms with van der Waals surface area (Å²) >= 11 is 0. The maximum atomic E-state index is 11.4. The molecular formula is C28H44O6Si. The van der Waals surface area contributed by atoms with Gasteiger partial charge in [0.05, 0.1) is 31.3 Å². The van der Waals surface area contributed by atoms with Crippen molar-refractivity contribution < 1.29 is 28.9 Å². The van der Waals surface area contributed by atoms with Crippen LogP contribution in [0.15, 0.2) is 23.8 Å². The molecule has 5 rings (SSSR count). The fraction of sp³-hybridized carbons (Fsp3) is 0.821. The number of aliphatic hydroxyl groups excluding tert-OH is 1. The van der Waals surface area contributed by atoms with Crippen molar-refractivity contribution in [2.45, 2.75) is 102 Å². The van der Waals surface area contributed by atoms with Crippen LogP contribution in [0, 0.1) is 29.1 Å². The van der Waals surface area contributed by atoms with Crippen LogP contribution in [0.2, 0.25) is 19.6 Å². The summed E-state index contributed by atoms with van der Waals surface area (Å²) in [6.45, 7) is 14.7. The van der Waals surface area contributed by atoms with Crippen LogP contribution in [0.3, 0.4) is 0 Å². The van der Waals surface area contributed by atoms with Gasteiger partial charge in [0.2, 0.25) is 0 Å². The molecule has 0 aromatic carbocycles. The molecule has 4 fully saturated rings. The van der Waals surface area contributed by atoms with Crippen LogP contribution in [-0.2, 0) is 18.7 Å². The Morgan fingerprint density at radius 3 is 2.54 bits per heavy atom. The molecule has 1 saturated heterocycles. The van der Waals surface area contributed by atoms with Gasteiger partial charge in [-0.1, -0.05) is 25.2 Å². The summed E-state index contributed by atoms with van der Waals surface area (Å²) in [5.41, 5.74) is 1.33. The summed E-state index contributed by atoms with van der Waals surface area (Å²) in [7, 11) is -2.02. The summed E-state index contributed by atoms with van der Waals surface area (Å²) in [6.07, 6.45) is 9.27. The lowest BCUT2D eigenvalue weighted by Gasteiger charge is -2.58. The summed E-state index contributed by atoms with van der Waals surface area (Å²) < 4.78 is 19.1. The van der Waals surface area contributed by atoms with Gasteiger partial charge < -0.3 is 24.1 Å². The van der Waals surface area contributed by atoms with Gasteiger partial charge in [-0.05, 0) is 87.4 Å². The van der Waals surface area contributed by atoms with Crippen molar-refractivity contribution in [3.05, 3.63) is 23.8 Å². The number of rotatable bonds is 6. The highest BCUT2D eigenvalue weighted by Gasteiger charge is 2.65. The predicted molar refractivity (Wildman–Crippen MR) is 136 cm³/mol. The fourth-order valence-corrected chi connectivity index (χ4v) is 10.3. The van der Waals surface area contributed by atoms with Gasteiger partial charge in [0, 0.05) is 18.3 Å². The van der Waals surface area contributed by atoms with E-state index in [0.29, 0.717) is 42.5 Å². The van der Waals surface area contributed by atoms with Gasteiger partial charge in [0.25, 0.3) is 0 Å². The molecular weight excluding hydrogens is 460 g/mol. The minimum Gasteiger partial charge on any atom is -0.481 e. The second-order valence-corrected chi connectivity index (χ2v) is 17.5. The molecule has 1 aliphatic heterocycles. The van der Waals surface area contributed by atoms with Gasteiger partial charge in [-0.15, -0.1) is 0 Å². The molecule has 1 heterocycles. The SMILES string of the molecule is C=C(C(O)CC(=O)O)[C@@]1(O[Si](C)(C)C)CC[C@H]2[C@@H]3CC=C4CC5(CC[C@@H]4[C@H]3CC[C@@]21C)OCCO5. The second kappa shape index (κ2) is 8.79. The molecule has 6 nitrogen and oxygen atoms in total. The van der Waals surface area contributed by atoms with E-state index in [-0.39, 0.29) is 17.6 Å². The lowest BCUT2D eigenvalue weighted by Crippen LogP contribution is -2.58. The molecule has 35 heavy (non-hydrogen) atoms. The summed E-state index contributed by atoms with van der Waals surface area (Å²) in [6, 6.07) is 0. The van der Waals surface area contributed by atoms with Gasteiger partial charge in [0.1, 0.15) is 0 Å². The molecule has 2 N–H and O–H groups in total. The Bertz CT molecular complexity index is 902. The van der Waals surface area contributed by atoms with E-state index in [4.69, 9.17) is 13.9 Å². The van der Waals surface area contributed by atoms with E-state index >= 15 is 0 Å². The van der Waals surface area contributed by atoms with E-state index < -0.39 is 26.0 Å². The average molecular weight is 505 g/mol. The number of ether oxygens (including phenoxy) is 2. The summed E-state index contributed by atoms with van der Waals surface area (Å²) in [5.74, 6) is 1.000. The van der Waals surface area contributed by atoms with Crippen LogP contribution in [0.25, 0.3) is 0 Å². The number of carboxylic acid groups (broad SMARTS) is 1. The Labute approximate surface area is 211 Å². The average Bonchev–Trinajstić information content (AvgIpc) is 3.34. The minimum absolute atomic E-state index is 0.149. The Morgan fingerprint density at radius 2 is 1.89 bits per heavy atom. The monoisotopic (exact) mass is 504 g/mol. The number of aliphatic hydroxyl groups is 1. The normalized spacial score (nSPS) is 41.0. The maximum absolute atomic E-state index is 11.4. The van der Waals surface area contributed by atoms with E-state index in [9.17, 15) is 15.0 Å². The molecule has 4 aliphatic carbocycles. The molecule has 0 bridgehead atoms. The van der Waals surface area contributed by atoms with Crippen LogP contribution >= 0.6 is 0 Å². The first kappa shape index (κ1) is 25.6. The molecule has 1 unspecified atom stereocenters. The molecule has 0 radical (unpaired) electrons. The number of hydrogen-bond acceptors (Lipinski definition) is 5. The standard InChI is InChI=1S/C28H44O6Si/c1-18(24(29)16-25(30)31)28(34-35(3,4)5)13-10-23-22-7-6-19-17-27(32-14-15-33-27)12-9-20(19)21(22)8-11-26(23,28)2/h6,20-24,29H,1,7-17H2,2-5H3,(H,30,31)/t20-,21+,22+,23-,24?,26-,28-/m0/s1. The third-order valence-electron chi connectivity index (χ3n) is 10.2. The first-order valence-corrected chi connectivity index (χ1v) is 17.1. The molecule has 7 atom stereocenters. The third-order valence-corrected chi connectivity index (χ3v) is 11.1. The first-order valence-electron chi connectivity index (χ1n) is 13.7. The van der Waals surface area contributed by atoms with E-state index in [0.717, 1.165) is 51.4 Å². The zero-order chi connectivity index (χ0) is 25.2. The van der Waals surface area contributed by atoms with Gasteiger partial charge in [-0.3, -0.25) is 4.79 Å². The molecule has 0 aromatic rings. The van der Waals surface area contributed by atoms with Crippen molar-refractivity contribution in [3.8, 4) is 0 Å². The Morgan fingerprint density at radius 1 is 1.17 bits per heavy atom. The van der Waals surface area contributed by atoms with Crippen molar-refractivity contribution in [3.63, 3.8) is 0 Å². The van der Waals surface area contributed by atoms with Crippen LogP contribution in [-0.4, -0.2) is 55.2 Å². The van der Waals surface area contributed by atoms with E-state index in [2.05, 4.69) is 39.2 Å². The summed E-state index contributed by atoms with van der Waals surface area (Å²) in [4.78, 5) is 11.4. The smallest absolute Gasteiger partial charge is 0.306 e. The number of carbonyl (C=O) groups is 1. The van der Waals surface area contributed by atoms with Gasteiger partial charge in [0.15, 0.2) is 14.1 Å². The van der Waals surface area contributed by atoms with E-state index in [1.54, 1.807) is 5.57 Å². The number of allylic oxidation sites excluding steroid dienone is 1. The molecule has 0 aromatic heterocycles. The molecule has 1 spiro atoms. The second-order valence-electron chi connectivity index (χ2n) is 13.1. The van der Waals surface area contributed by atoms with Gasteiger partial charge in [-0.25, -0.2) is 0 Å². The van der Waals surface area contributed by atoms with Crippen LogP contribution < -0.4 is 0 Å². The van der Waals surface area contributed by atoms with Crippen LogP contribution in [0.1, 0.15) is 64.7 Å². The number of fused-ring (bicyclic) bond motifs is 5. The van der Waals surface area contributed by atoms with Crippen molar-refractivity contribution in [2.75, 3.05) is 13.2 Å². The highest BCUT2D eigenvalue weighted by Crippen LogP contribution is 2.68.